The highest BCUT2D eigenvalue weighted by Gasteiger charge is 2.50. The first-order chi connectivity index (χ1) is 9.98. The molecule has 1 N–H and O–H groups in total. The molecule has 2 saturated heterocycles. The molecule has 0 radical (unpaired) electrons. The summed E-state index contributed by atoms with van der Waals surface area (Å²) in [4.78, 5) is 14.8. The maximum Gasteiger partial charge on any atom is 0.223 e. The number of benzene rings is 1. The van der Waals surface area contributed by atoms with Crippen LogP contribution in [0.5, 0.6) is 0 Å². The highest BCUT2D eigenvalue weighted by atomic mass is 16.2. The summed E-state index contributed by atoms with van der Waals surface area (Å²) in [5.41, 5.74) is 2.53. The molecule has 0 aliphatic carbocycles. The minimum Gasteiger partial charge on any atom is -0.337 e. The number of likely N-dealkylation sites (tertiary alicyclic amines) is 1. The lowest BCUT2D eigenvalue weighted by Crippen LogP contribution is -2.47. The second-order valence-electron chi connectivity index (χ2n) is 7.17. The molecule has 2 atom stereocenters. The Morgan fingerprint density at radius 1 is 1.38 bits per heavy atom. The van der Waals surface area contributed by atoms with E-state index in [1.54, 1.807) is 0 Å². The molecule has 1 aromatic rings. The minimum atomic E-state index is -0.00213. The fourth-order valence-electron chi connectivity index (χ4n) is 4.10. The van der Waals surface area contributed by atoms with Gasteiger partial charge in [-0.2, -0.15) is 0 Å². The molecular weight excluding hydrogens is 260 g/mol. The van der Waals surface area contributed by atoms with Crippen LogP contribution in [0.15, 0.2) is 24.3 Å². The number of hydrogen-bond donors (Lipinski definition) is 1. The molecule has 3 heteroatoms. The van der Waals surface area contributed by atoms with Crippen LogP contribution in [0.4, 0.5) is 0 Å². The van der Waals surface area contributed by atoms with Gasteiger partial charge in [0.2, 0.25) is 5.91 Å². The number of carbonyl (C=O) groups is 1. The van der Waals surface area contributed by atoms with Crippen LogP contribution in [0.1, 0.15) is 31.4 Å². The van der Waals surface area contributed by atoms with Gasteiger partial charge in [-0.3, -0.25) is 4.79 Å². The molecule has 1 amide bonds. The number of rotatable bonds is 3. The SMILES string of the molecule is Cc1cccc(CCC(=O)N2CC3CNCC3C2(C)C)c1. The van der Waals surface area contributed by atoms with Crippen molar-refractivity contribution >= 4 is 5.91 Å². The van der Waals surface area contributed by atoms with Crippen molar-refractivity contribution in [2.75, 3.05) is 19.6 Å². The van der Waals surface area contributed by atoms with Crippen molar-refractivity contribution in [2.24, 2.45) is 11.8 Å². The third-order valence-electron chi connectivity index (χ3n) is 5.37. The summed E-state index contributed by atoms with van der Waals surface area (Å²) < 4.78 is 0. The van der Waals surface area contributed by atoms with Crippen LogP contribution in [0.2, 0.25) is 0 Å². The lowest BCUT2D eigenvalue weighted by Gasteiger charge is -2.35. The Morgan fingerprint density at radius 2 is 2.19 bits per heavy atom. The van der Waals surface area contributed by atoms with Gasteiger partial charge in [0.05, 0.1) is 0 Å². The van der Waals surface area contributed by atoms with E-state index in [1.165, 1.54) is 11.1 Å². The molecule has 0 spiro atoms. The molecule has 2 heterocycles. The maximum absolute atomic E-state index is 12.7. The summed E-state index contributed by atoms with van der Waals surface area (Å²) in [7, 11) is 0. The van der Waals surface area contributed by atoms with Gasteiger partial charge in [-0.05, 0) is 44.6 Å². The molecular formula is C18H26N2O. The molecule has 2 aliphatic rings. The Kier molecular flexibility index (Phi) is 3.78. The van der Waals surface area contributed by atoms with Crippen molar-refractivity contribution < 1.29 is 4.79 Å². The highest BCUT2D eigenvalue weighted by Crippen LogP contribution is 2.40. The molecule has 1 aromatic carbocycles. The van der Waals surface area contributed by atoms with Gasteiger partial charge in [0, 0.05) is 31.6 Å². The first kappa shape index (κ1) is 14.6. The first-order valence-corrected chi connectivity index (χ1v) is 8.05. The van der Waals surface area contributed by atoms with E-state index in [0.29, 0.717) is 24.2 Å². The smallest absolute Gasteiger partial charge is 0.223 e. The average molecular weight is 286 g/mol. The molecule has 2 fully saturated rings. The topological polar surface area (TPSA) is 32.3 Å². The standard InChI is InChI=1S/C18H26N2O/c1-13-5-4-6-14(9-13)7-8-17(21)20-12-15-10-19-11-16(15)18(20,2)3/h4-6,9,15-16,19H,7-8,10-12H2,1-3H3. The molecule has 21 heavy (non-hydrogen) atoms. The van der Waals surface area contributed by atoms with Crippen LogP contribution >= 0.6 is 0 Å². The maximum atomic E-state index is 12.7. The molecule has 3 rings (SSSR count). The van der Waals surface area contributed by atoms with Gasteiger partial charge in [-0.15, -0.1) is 0 Å². The molecule has 2 aliphatic heterocycles. The first-order valence-electron chi connectivity index (χ1n) is 8.05. The highest BCUT2D eigenvalue weighted by molar-refractivity contribution is 5.77. The lowest BCUT2D eigenvalue weighted by molar-refractivity contribution is -0.135. The van der Waals surface area contributed by atoms with Crippen molar-refractivity contribution in [3.63, 3.8) is 0 Å². The minimum absolute atomic E-state index is 0.00213. The molecule has 0 aromatic heterocycles. The van der Waals surface area contributed by atoms with E-state index in [0.717, 1.165) is 26.1 Å². The summed E-state index contributed by atoms with van der Waals surface area (Å²) >= 11 is 0. The zero-order chi connectivity index (χ0) is 15.0. The largest absolute Gasteiger partial charge is 0.337 e. The van der Waals surface area contributed by atoms with E-state index in [1.807, 2.05) is 0 Å². The summed E-state index contributed by atoms with van der Waals surface area (Å²) in [5, 5.41) is 3.47. The third-order valence-corrected chi connectivity index (χ3v) is 5.37. The van der Waals surface area contributed by atoms with E-state index in [4.69, 9.17) is 0 Å². The zero-order valence-electron chi connectivity index (χ0n) is 13.4. The predicted octanol–water partition coefficient (Wildman–Crippen LogP) is 2.38. The monoisotopic (exact) mass is 286 g/mol. The third kappa shape index (κ3) is 2.71. The van der Waals surface area contributed by atoms with Crippen molar-refractivity contribution in [1.29, 1.82) is 0 Å². The summed E-state index contributed by atoms with van der Waals surface area (Å²) in [5.74, 6) is 1.57. The van der Waals surface area contributed by atoms with Gasteiger partial charge < -0.3 is 10.2 Å². The normalized spacial score (nSPS) is 26.9. The van der Waals surface area contributed by atoms with Crippen molar-refractivity contribution in [3.05, 3.63) is 35.4 Å². The van der Waals surface area contributed by atoms with Gasteiger partial charge >= 0.3 is 0 Å². The number of carbonyl (C=O) groups excluding carboxylic acids is 1. The van der Waals surface area contributed by atoms with E-state index in [-0.39, 0.29) is 5.54 Å². The van der Waals surface area contributed by atoms with Crippen LogP contribution < -0.4 is 5.32 Å². The van der Waals surface area contributed by atoms with Crippen molar-refractivity contribution in [3.8, 4) is 0 Å². The number of fused-ring (bicyclic) bond motifs is 1. The Balaban J connectivity index is 1.63. The van der Waals surface area contributed by atoms with Gasteiger partial charge in [0.25, 0.3) is 0 Å². The van der Waals surface area contributed by atoms with Crippen molar-refractivity contribution in [2.45, 2.75) is 39.2 Å². The Bertz CT molecular complexity index is 538. The van der Waals surface area contributed by atoms with Gasteiger partial charge in [0.1, 0.15) is 0 Å². The van der Waals surface area contributed by atoms with Crippen LogP contribution in [0, 0.1) is 18.8 Å². The molecule has 2 unspecified atom stereocenters. The number of nitrogens with zero attached hydrogens (tertiary/aromatic N) is 1. The fraction of sp³-hybridized carbons (Fsp3) is 0.611. The zero-order valence-corrected chi connectivity index (χ0v) is 13.4. The van der Waals surface area contributed by atoms with Crippen molar-refractivity contribution in [1.82, 2.24) is 10.2 Å². The van der Waals surface area contributed by atoms with Crippen LogP contribution in [-0.2, 0) is 11.2 Å². The average Bonchev–Trinajstić information content (AvgIpc) is 2.99. The van der Waals surface area contributed by atoms with Gasteiger partial charge in [-0.25, -0.2) is 0 Å². The molecule has 0 saturated carbocycles. The Morgan fingerprint density at radius 3 is 2.90 bits per heavy atom. The van der Waals surface area contributed by atoms with Crippen LogP contribution in [0.3, 0.4) is 0 Å². The molecule has 114 valence electrons. The summed E-state index contributed by atoms with van der Waals surface area (Å²) in [6.45, 7) is 9.61. The Hall–Kier alpha value is -1.35. The van der Waals surface area contributed by atoms with Crippen LogP contribution in [0.25, 0.3) is 0 Å². The number of amides is 1. The van der Waals surface area contributed by atoms with Crippen LogP contribution in [-0.4, -0.2) is 36.0 Å². The van der Waals surface area contributed by atoms with E-state index in [9.17, 15) is 4.79 Å². The molecule has 0 bridgehead atoms. The molecule has 3 nitrogen and oxygen atoms in total. The number of hydrogen-bond acceptors (Lipinski definition) is 2. The quantitative estimate of drug-likeness (QED) is 0.925. The number of aryl methyl sites for hydroxylation is 2. The van der Waals surface area contributed by atoms with E-state index >= 15 is 0 Å². The van der Waals surface area contributed by atoms with Gasteiger partial charge in [0.15, 0.2) is 0 Å². The lowest BCUT2D eigenvalue weighted by atomic mass is 9.85. The second-order valence-corrected chi connectivity index (χ2v) is 7.17. The predicted molar refractivity (Wildman–Crippen MR) is 85.1 cm³/mol. The summed E-state index contributed by atoms with van der Waals surface area (Å²) in [6, 6.07) is 8.48. The van der Waals surface area contributed by atoms with E-state index in [2.05, 4.69) is 55.3 Å². The Labute approximate surface area is 127 Å². The number of nitrogens with one attached hydrogen (secondary N) is 1. The fourth-order valence-corrected chi connectivity index (χ4v) is 4.10. The van der Waals surface area contributed by atoms with Gasteiger partial charge in [-0.1, -0.05) is 29.8 Å². The summed E-state index contributed by atoms with van der Waals surface area (Å²) in [6.07, 6.45) is 1.47. The second kappa shape index (κ2) is 5.45. The van der Waals surface area contributed by atoms with E-state index < -0.39 is 0 Å².